The Morgan fingerprint density at radius 2 is 2.12 bits per heavy atom. The molecule has 3 unspecified atom stereocenters. The lowest BCUT2D eigenvalue weighted by atomic mass is 9.98. The number of rotatable bonds is 3. The van der Waals surface area contributed by atoms with Crippen LogP contribution in [0.5, 0.6) is 5.75 Å². The van der Waals surface area contributed by atoms with Gasteiger partial charge >= 0.3 is 0 Å². The lowest BCUT2D eigenvalue weighted by Gasteiger charge is -2.45. The number of halogens is 3. The molecule has 2 aliphatic carbocycles. The van der Waals surface area contributed by atoms with E-state index in [4.69, 9.17) is 4.74 Å². The Balaban J connectivity index is 1.50. The van der Waals surface area contributed by atoms with Crippen molar-refractivity contribution in [2.24, 2.45) is 0 Å². The predicted octanol–water partition coefficient (Wildman–Crippen LogP) is 2.40. The molecule has 0 aromatic carbocycles. The highest BCUT2D eigenvalue weighted by molar-refractivity contribution is 6.00. The van der Waals surface area contributed by atoms with Gasteiger partial charge in [0.1, 0.15) is 23.4 Å². The summed E-state index contributed by atoms with van der Waals surface area (Å²) < 4.78 is 48.6. The van der Waals surface area contributed by atoms with Crippen LogP contribution < -0.4 is 10.7 Å². The minimum Gasteiger partial charge on any atom is -0.503 e. The summed E-state index contributed by atoms with van der Waals surface area (Å²) in [6, 6.07) is -0.650. The summed E-state index contributed by atoms with van der Waals surface area (Å²) >= 11 is 0. The second-order valence-electron chi connectivity index (χ2n) is 8.87. The number of carbonyl (C=O) groups is 2. The number of carbonyl (C=O) groups excluding carboxylic acids is 2. The summed E-state index contributed by atoms with van der Waals surface area (Å²) in [5, 5.41) is 12.9. The standard InChI is InChI=1S/C22H22F3N3O5/c1-10-9-33-22-4-2-3-16(22)27-8-13(18(29)19(30)17(27)21(32)28(10)22)20(31)26-7-12-14(24)5-11(23)6-15(12)25/h5,8,10-11,16,30H,2-4,6-7,9H2,1H3,(H,26,31)/t10?,11?,16-,22?/m1/s1. The van der Waals surface area contributed by atoms with Crippen molar-refractivity contribution >= 4 is 11.8 Å². The molecule has 2 amide bonds. The van der Waals surface area contributed by atoms with E-state index in [0.717, 1.165) is 6.42 Å². The van der Waals surface area contributed by atoms with Crippen LogP contribution in [0.3, 0.4) is 0 Å². The Labute approximate surface area is 186 Å². The van der Waals surface area contributed by atoms with Crippen LogP contribution >= 0.6 is 0 Å². The minimum absolute atomic E-state index is 0.208. The molecule has 4 atom stereocenters. The number of nitrogens with one attached hydrogen (secondary N) is 1. The SMILES string of the molecule is CC1COC23CCC[C@H]2n2cc(C(=O)NCC4=C(F)CC(F)C=C4F)c(=O)c(O)c2C(=O)N13. The molecule has 1 saturated carbocycles. The first-order valence-corrected chi connectivity index (χ1v) is 10.8. The molecule has 1 saturated heterocycles. The van der Waals surface area contributed by atoms with E-state index in [1.807, 2.05) is 6.92 Å². The zero-order valence-electron chi connectivity index (χ0n) is 17.7. The molecule has 0 bridgehead atoms. The van der Waals surface area contributed by atoms with Crippen LogP contribution in [0.4, 0.5) is 13.2 Å². The van der Waals surface area contributed by atoms with E-state index in [2.05, 4.69) is 5.32 Å². The van der Waals surface area contributed by atoms with Crippen LogP contribution in [0.25, 0.3) is 0 Å². The second-order valence-corrected chi connectivity index (χ2v) is 8.87. The number of aromatic hydroxyl groups is 1. The summed E-state index contributed by atoms with van der Waals surface area (Å²) in [6.07, 6.45) is 1.31. The molecule has 5 rings (SSSR count). The van der Waals surface area contributed by atoms with Crippen LogP contribution in [0.2, 0.25) is 0 Å². The van der Waals surface area contributed by atoms with Crippen LogP contribution in [0.15, 0.2) is 34.3 Å². The summed E-state index contributed by atoms with van der Waals surface area (Å²) in [4.78, 5) is 40.3. The number of alkyl halides is 1. The van der Waals surface area contributed by atoms with E-state index >= 15 is 0 Å². The predicted molar refractivity (Wildman–Crippen MR) is 109 cm³/mol. The molecule has 3 heterocycles. The zero-order valence-corrected chi connectivity index (χ0v) is 17.7. The largest absolute Gasteiger partial charge is 0.503 e. The lowest BCUT2D eigenvalue weighted by Crippen LogP contribution is -2.58. The summed E-state index contributed by atoms with van der Waals surface area (Å²) in [5.74, 6) is -4.55. The number of aromatic nitrogens is 1. The van der Waals surface area contributed by atoms with Gasteiger partial charge in [-0.3, -0.25) is 14.4 Å². The first-order chi connectivity index (χ1) is 15.7. The third-order valence-electron chi connectivity index (χ3n) is 6.91. The van der Waals surface area contributed by atoms with Gasteiger partial charge in [0, 0.05) is 24.7 Å². The topological polar surface area (TPSA) is 101 Å². The fourth-order valence-electron chi connectivity index (χ4n) is 5.44. The van der Waals surface area contributed by atoms with E-state index in [-0.39, 0.29) is 11.7 Å². The maximum atomic E-state index is 14.0. The first-order valence-electron chi connectivity index (χ1n) is 10.8. The van der Waals surface area contributed by atoms with Gasteiger partial charge in [0.2, 0.25) is 5.43 Å². The molecule has 1 aromatic heterocycles. The Morgan fingerprint density at radius 1 is 1.36 bits per heavy atom. The Bertz CT molecular complexity index is 1190. The third kappa shape index (κ3) is 3.05. The average Bonchev–Trinajstić information content (AvgIpc) is 3.32. The third-order valence-corrected chi connectivity index (χ3v) is 6.91. The maximum Gasteiger partial charge on any atom is 0.277 e. The van der Waals surface area contributed by atoms with Crippen molar-refractivity contribution in [3.63, 3.8) is 0 Å². The number of nitrogens with zero attached hydrogens (tertiary/aromatic N) is 2. The van der Waals surface area contributed by atoms with Crippen LogP contribution in [0.1, 0.15) is 59.5 Å². The van der Waals surface area contributed by atoms with Gasteiger partial charge in [0.25, 0.3) is 11.8 Å². The van der Waals surface area contributed by atoms with Gasteiger partial charge in [-0.1, -0.05) is 0 Å². The van der Waals surface area contributed by atoms with Crippen molar-refractivity contribution in [2.75, 3.05) is 13.2 Å². The van der Waals surface area contributed by atoms with Crippen molar-refractivity contribution in [2.45, 2.75) is 56.6 Å². The monoisotopic (exact) mass is 465 g/mol. The smallest absolute Gasteiger partial charge is 0.277 e. The van der Waals surface area contributed by atoms with E-state index in [1.165, 1.54) is 10.8 Å². The molecule has 176 valence electrons. The molecule has 2 fully saturated rings. The molecular weight excluding hydrogens is 443 g/mol. The van der Waals surface area contributed by atoms with Crippen molar-refractivity contribution in [3.8, 4) is 5.75 Å². The molecule has 4 aliphatic rings. The second kappa shape index (κ2) is 7.47. The Hall–Kier alpha value is -3.08. The van der Waals surface area contributed by atoms with Crippen molar-refractivity contribution < 1.29 is 32.6 Å². The molecule has 2 aliphatic heterocycles. The van der Waals surface area contributed by atoms with Gasteiger partial charge in [0.05, 0.1) is 18.7 Å². The van der Waals surface area contributed by atoms with Gasteiger partial charge in [-0.2, -0.15) is 0 Å². The molecule has 8 nitrogen and oxygen atoms in total. The zero-order chi connectivity index (χ0) is 23.7. The quantitative estimate of drug-likeness (QED) is 0.714. The first kappa shape index (κ1) is 21.7. The number of pyridine rings is 1. The summed E-state index contributed by atoms with van der Waals surface area (Å²) in [5.41, 5.74) is -3.17. The molecule has 11 heteroatoms. The van der Waals surface area contributed by atoms with E-state index in [0.29, 0.717) is 25.5 Å². The van der Waals surface area contributed by atoms with Crippen molar-refractivity contribution in [1.82, 2.24) is 14.8 Å². The minimum atomic E-state index is -1.79. The maximum absolute atomic E-state index is 14.0. The highest BCUT2D eigenvalue weighted by Gasteiger charge is 2.60. The number of ether oxygens (including phenoxy) is 1. The summed E-state index contributed by atoms with van der Waals surface area (Å²) in [6.45, 7) is 1.53. The highest BCUT2D eigenvalue weighted by Crippen LogP contribution is 2.52. The van der Waals surface area contributed by atoms with Gasteiger partial charge in [-0.05, 0) is 32.3 Å². The molecule has 1 spiro atoms. The fourth-order valence-corrected chi connectivity index (χ4v) is 5.44. The number of hydrogen-bond donors (Lipinski definition) is 2. The Kier molecular flexibility index (Phi) is 4.93. The van der Waals surface area contributed by atoms with Crippen LogP contribution in [-0.2, 0) is 4.74 Å². The summed E-state index contributed by atoms with van der Waals surface area (Å²) in [7, 11) is 0. The van der Waals surface area contributed by atoms with Crippen LogP contribution in [0, 0.1) is 0 Å². The van der Waals surface area contributed by atoms with Gasteiger partial charge in [-0.15, -0.1) is 0 Å². The normalized spacial score (nSPS) is 30.7. The molecule has 0 radical (unpaired) electrons. The van der Waals surface area contributed by atoms with Crippen molar-refractivity contribution in [1.29, 1.82) is 0 Å². The fraction of sp³-hybridized carbons (Fsp3) is 0.500. The van der Waals surface area contributed by atoms with Gasteiger partial charge in [-0.25, -0.2) is 13.2 Å². The lowest BCUT2D eigenvalue weighted by molar-refractivity contribution is -0.101. The Morgan fingerprint density at radius 3 is 2.85 bits per heavy atom. The number of hydrogen-bond acceptors (Lipinski definition) is 5. The highest BCUT2D eigenvalue weighted by atomic mass is 19.2. The van der Waals surface area contributed by atoms with E-state index < -0.39 is 76.7 Å². The van der Waals surface area contributed by atoms with E-state index in [9.17, 15) is 32.7 Å². The van der Waals surface area contributed by atoms with E-state index in [1.54, 1.807) is 4.90 Å². The molecular formula is C22H22F3N3O5. The molecule has 1 aromatic rings. The number of allylic oxidation sites excluding steroid dienone is 2. The van der Waals surface area contributed by atoms with Gasteiger partial charge in [0.15, 0.2) is 17.2 Å². The van der Waals surface area contributed by atoms with Gasteiger partial charge < -0.3 is 24.6 Å². The van der Waals surface area contributed by atoms with Crippen molar-refractivity contribution in [3.05, 3.63) is 51.0 Å². The molecule has 2 N–H and O–H groups in total. The van der Waals surface area contributed by atoms with Crippen LogP contribution in [-0.4, -0.2) is 57.5 Å². The molecule has 33 heavy (non-hydrogen) atoms. The number of amides is 2. The number of fused-ring (bicyclic) bond motifs is 2. The average molecular weight is 465 g/mol.